The van der Waals surface area contributed by atoms with E-state index in [0.717, 1.165) is 31.5 Å². The molecule has 0 unspecified atom stereocenters. The van der Waals surface area contributed by atoms with Crippen LogP contribution >= 0.6 is 11.3 Å². The normalized spacial score (nSPS) is 16.5. The van der Waals surface area contributed by atoms with Crippen molar-refractivity contribution in [3.8, 4) is 17.2 Å². The Labute approximate surface area is 253 Å². The van der Waals surface area contributed by atoms with Gasteiger partial charge in [-0.1, -0.05) is 29.5 Å². The molecule has 0 bridgehead atoms. The van der Waals surface area contributed by atoms with Crippen LogP contribution in [0.1, 0.15) is 50.8 Å². The van der Waals surface area contributed by atoms with Crippen molar-refractivity contribution in [3.05, 3.63) is 84.5 Å². The Morgan fingerprint density at radius 2 is 1.77 bits per heavy atom. The number of hydrogen-bond acceptors (Lipinski definition) is 9. The number of methoxy groups -OCH3 is 1. The third kappa shape index (κ3) is 6.36. The van der Waals surface area contributed by atoms with Crippen molar-refractivity contribution in [2.75, 3.05) is 40.0 Å². The maximum absolute atomic E-state index is 13.9. The van der Waals surface area contributed by atoms with Gasteiger partial charge in [0.05, 0.1) is 42.2 Å². The van der Waals surface area contributed by atoms with Gasteiger partial charge in [0.1, 0.15) is 5.75 Å². The molecule has 2 aromatic carbocycles. The highest BCUT2D eigenvalue weighted by atomic mass is 32.1. The number of aromatic nitrogens is 1. The molecule has 0 radical (unpaired) electrons. The van der Waals surface area contributed by atoms with E-state index in [1.165, 1.54) is 15.9 Å². The number of ether oxygens (including phenoxy) is 4. The van der Waals surface area contributed by atoms with Gasteiger partial charge in [0.25, 0.3) is 11.5 Å². The van der Waals surface area contributed by atoms with Crippen LogP contribution in [0.3, 0.4) is 0 Å². The van der Waals surface area contributed by atoms with Crippen LogP contribution in [0, 0.1) is 0 Å². The molecule has 0 spiro atoms. The molecule has 0 N–H and O–H groups in total. The molecule has 1 fully saturated rings. The van der Waals surface area contributed by atoms with E-state index >= 15 is 0 Å². The van der Waals surface area contributed by atoms with Crippen molar-refractivity contribution < 1.29 is 28.5 Å². The first-order chi connectivity index (χ1) is 20.8. The Bertz CT molecular complexity index is 1720. The highest BCUT2D eigenvalue weighted by Crippen LogP contribution is 2.36. The van der Waals surface area contributed by atoms with Gasteiger partial charge in [-0.15, -0.1) is 0 Å². The van der Waals surface area contributed by atoms with E-state index in [4.69, 9.17) is 18.9 Å². The average Bonchev–Trinajstić information content (AvgIpc) is 3.65. The van der Waals surface area contributed by atoms with E-state index in [9.17, 15) is 14.4 Å². The molecule has 2 aliphatic heterocycles. The predicted molar refractivity (Wildman–Crippen MR) is 162 cm³/mol. The fourth-order valence-corrected chi connectivity index (χ4v) is 6.30. The summed E-state index contributed by atoms with van der Waals surface area (Å²) in [6, 6.07) is 11.8. The van der Waals surface area contributed by atoms with Gasteiger partial charge in [0.15, 0.2) is 22.9 Å². The Hall–Kier alpha value is -4.38. The lowest BCUT2D eigenvalue weighted by Crippen LogP contribution is -2.40. The van der Waals surface area contributed by atoms with Gasteiger partial charge in [-0.2, -0.15) is 0 Å². The highest BCUT2D eigenvalue weighted by molar-refractivity contribution is 7.07. The quantitative estimate of drug-likeness (QED) is 0.327. The lowest BCUT2D eigenvalue weighted by molar-refractivity contribution is -0.139. The summed E-state index contributed by atoms with van der Waals surface area (Å²) in [5.41, 5.74) is 1.94. The molecule has 5 rings (SSSR count). The average molecular weight is 606 g/mol. The Balaban J connectivity index is 1.50. The van der Waals surface area contributed by atoms with Crippen LogP contribution in [0.2, 0.25) is 0 Å². The van der Waals surface area contributed by atoms with Gasteiger partial charge >= 0.3 is 5.97 Å². The maximum Gasteiger partial charge on any atom is 0.338 e. The van der Waals surface area contributed by atoms with Crippen LogP contribution in [0.15, 0.2) is 63.5 Å². The molecule has 1 atom stereocenters. The zero-order chi connectivity index (χ0) is 30.5. The van der Waals surface area contributed by atoms with E-state index in [0.29, 0.717) is 50.0 Å². The second-order valence-electron chi connectivity index (χ2n) is 10.1. The second-order valence-corrected chi connectivity index (χ2v) is 11.1. The molecule has 0 saturated carbocycles. The number of amides is 1. The van der Waals surface area contributed by atoms with Crippen molar-refractivity contribution in [1.82, 2.24) is 9.47 Å². The van der Waals surface area contributed by atoms with E-state index in [1.54, 1.807) is 51.3 Å². The third-order valence-electron chi connectivity index (χ3n) is 7.32. The molecule has 43 heavy (non-hydrogen) atoms. The zero-order valence-corrected chi connectivity index (χ0v) is 25.6. The molecule has 10 nitrogen and oxygen atoms in total. The Morgan fingerprint density at radius 3 is 2.44 bits per heavy atom. The standard InChI is InChI=1S/C32H35N3O7S/c1-5-40-25-18-22(11-14-24(25)39-4)29-28(31(38)41-6-2)20(3)33-32-35(29)30(37)26(43-32)17-21-9-12-23(13-10-21)42-19-27(36)34-15-7-8-16-34/h9-14,17-18,29H,5-8,15-16,19H2,1-4H3/b26-17+/t29-/m1/s1. The SMILES string of the molecule is CCOC(=O)C1=C(C)N=c2s/c(=C/c3ccc(OCC(=O)N4CCCC4)cc3)c(=O)n2[C@@H]1c1ccc(OC)c(OCC)c1. The first-order valence-corrected chi connectivity index (χ1v) is 15.2. The molecule has 2 aliphatic rings. The number of thiazole rings is 1. The first kappa shape index (κ1) is 30.1. The fraction of sp³-hybridized carbons (Fsp3) is 0.375. The van der Waals surface area contributed by atoms with Crippen LogP contribution in [0.25, 0.3) is 6.08 Å². The van der Waals surface area contributed by atoms with Gasteiger partial charge in [-0.25, -0.2) is 9.79 Å². The van der Waals surface area contributed by atoms with Crippen molar-refractivity contribution in [3.63, 3.8) is 0 Å². The highest BCUT2D eigenvalue weighted by Gasteiger charge is 2.34. The Kier molecular flexibility index (Phi) is 9.30. The van der Waals surface area contributed by atoms with Gasteiger partial charge in [0, 0.05) is 13.1 Å². The van der Waals surface area contributed by atoms with Crippen LogP contribution in [0.5, 0.6) is 17.2 Å². The monoisotopic (exact) mass is 605 g/mol. The smallest absolute Gasteiger partial charge is 0.338 e. The summed E-state index contributed by atoms with van der Waals surface area (Å²) in [7, 11) is 1.56. The Morgan fingerprint density at radius 1 is 1.02 bits per heavy atom. The number of nitrogens with zero attached hydrogens (tertiary/aromatic N) is 3. The predicted octanol–water partition coefficient (Wildman–Crippen LogP) is 3.21. The number of carbonyl (C=O) groups is 2. The number of allylic oxidation sites excluding steroid dienone is 1. The molecule has 1 amide bonds. The van der Waals surface area contributed by atoms with Crippen LogP contribution < -0.4 is 29.1 Å². The molecule has 226 valence electrons. The number of benzene rings is 2. The minimum absolute atomic E-state index is 0.00350. The topological polar surface area (TPSA) is 109 Å². The second kappa shape index (κ2) is 13.3. The third-order valence-corrected chi connectivity index (χ3v) is 8.30. The fourth-order valence-electron chi connectivity index (χ4n) is 5.25. The summed E-state index contributed by atoms with van der Waals surface area (Å²) < 4.78 is 24.3. The molecule has 1 aromatic heterocycles. The molecule has 0 aliphatic carbocycles. The molecular formula is C32H35N3O7S. The largest absolute Gasteiger partial charge is 0.493 e. The van der Waals surface area contributed by atoms with Gasteiger partial charge < -0.3 is 23.8 Å². The van der Waals surface area contributed by atoms with Crippen molar-refractivity contribution in [1.29, 1.82) is 0 Å². The molecule has 1 saturated heterocycles. The van der Waals surface area contributed by atoms with Gasteiger partial charge in [0.2, 0.25) is 0 Å². The first-order valence-electron chi connectivity index (χ1n) is 14.4. The molecule has 3 heterocycles. The van der Waals surface area contributed by atoms with E-state index < -0.39 is 12.0 Å². The molecule has 11 heteroatoms. The summed E-state index contributed by atoms with van der Waals surface area (Å²) in [5.74, 6) is 1.08. The van der Waals surface area contributed by atoms with Gasteiger partial charge in [-0.05, 0) is 75.1 Å². The number of esters is 1. The minimum Gasteiger partial charge on any atom is -0.493 e. The number of fused-ring (bicyclic) bond motifs is 1. The summed E-state index contributed by atoms with van der Waals surface area (Å²) >= 11 is 1.25. The zero-order valence-electron chi connectivity index (χ0n) is 24.8. The summed E-state index contributed by atoms with van der Waals surface area (Å²) in [4.78, 5) is 46.4. The van der Waals surface area contributed by atoms with Crippen molar-refractivity contribution >= 4 is 29.3 Å². The summed E-state index contributed by atoms with van der Waals surface area (Å²) in [6.45, 7) is 7.52. The van der Waals surface area contributed by atoms with Crippen LogP contribution in [-0.2, 0) is 14.3 Å². The number of likely N-dealkylation sites (tertiary alicyclic amines) is 1. The molecule has 3 aromatic rings. The minimum atomic E-state index is -0.772. The number of rotatable bonds is 10. The number of hydrogen-bond donors (Lipinski definition) is 0. The van der Waals surface area contributed by atoms with E-state index in [1.807, 2.05) is 30.0 Å². The molecular weight excluding hydrogens is 570 g/mol. The summed E-state index contributed by atoms with van der Waals surface area (Å²) in [6.07, 6.45) is 3.85. The van der Waals surface area contributed by atoms with Crippen LogP contribution in [-0.4, -0.2) is 61.4 Å². The van der Waals surface area contributed by atoms with Crippen LogP contribution in [0.4, 0.5) is 0 Å². The van der Waals surface area contributed by atoms with E-state index in [-0.39, 0.29) is 24.7 Å². The van der Waals surface area contributed by atoms with Crippen molar-refractivity contribution in [2.24, 2.45) is 4.99 Å². The van der Waals surface area contributed by atoms with Crippen molar-refractivity contribution in [2.45, 2.75) is 39.7 Å². The number of carbonyl (C=O) groups excluding carboxylic acids is 2. The maximum atomic E-state index is 13.9. The lowest BCUT2D eigenvalue weighted by Gasteiger charge is -2.25. The van der Waals surface area contributed by atoms with Gasteiger partial charge in [-0.3, -0.25) is 14.2 Å². The van der Waals surface area contributed by atoms with E-state index in [2.05, 4.69) is 4.99 Å². The lowest BCUT2D eigenvalue weighted by atomic mass is 9.95. The summed E-state index contributed by atoms with van der Waals surface area (Å²) in [5, 5.41) is 0.